The molecule has 162 valence electrons. The van der Waals surface area contributed by atoms with Crippen LogP contribution in [-0.2, 0) is 0 Å². The van der Waals surface area contributed by atoms with E-state index < -0.39 is 5.95 Å². The van der Waals surface area contributed by atoms with Crippen LogP contribution in [0.1, 0.15) is 60.3 Å². The van der Waals surface area contributed by atoms with Crippen LogP contribution in [0.15, 0.2) is 30.6 Å². The maximum atomic E-state index is 14.2. The molecule has 3 aromatic rings. The number of likely N-dealkylation sites (tertiary alicyclic amines) is 1. The molecule has 2 aliphatic heterocycles. The van der Waals surface area contributed by atoms with Crippen molar-refractivity contribution in [3.8, 4) is 0 Å². The van der Waals surface area contributed by atoms with Gasteiger partial charge in [0.2, 0.25) is 5.95 Å². The van der Waals surface area contributed by atoms with Crippen LogP contribution >= 0.6 is 0 Å². The molecule has 0 aromatic carbocycles. The topological polar surface area (TPSA) is 66.6 Å². The second-order valence-corrected chi connectivity index (χ2v) is 8.81. The summed E-state index contributed by atoms with van der Waals surface area (Å²) in [5.41, 5.74) is 2.68. The molecule has 5 rings (SSSR count). The fourth-order valence-corrected chi connectivity index (χ4v) is 4.81. The summed E-state index contributed by atoms with van der Waals surface area (Å²) in [4.78, 5) is 25.7. The predicted molar refractivity (Wildman–Crippen MR) is 116 cm³/mol. The Labute approximate surface area is 180 Å². The molecule has 0 N–H and O–H groups in total. The lowest BCUT2D eigenvalue weighted by Gasteiger charge is -2.34. The highest BCUT2D eigenvalue weighted by molar-refractivity contribution is 5.94. The van der Waals surface area contributed by atoms with Crippen LogP contribution in [0.5, 0.6) is 0 Å². The van der Waals surface area contributed by atoms with E-state index in [4.69, 9.17) is 10.1 Å². The van der Waals surface area contributed by atoms with Crippen molar-refractivity contribution in [2.45, 2.75) is 45.6 Å². The number of piperidine rings is 1. The first-order valence-corrected chi connectivity index (χ1v) is 11.0. The number of aryl methyl sites for hydroxylation is 1. The van der Waals surface area contributed by atoms with E-state index in [1.54, 1.807) is 15.5 Å². The van der Waals surface area contributed by atoms with Gasteiger partial charge >= 0.3 is 0 Å². The third-order valence-electron chi connectivity index (χ3n) is 6.44. The molecule has 7 nitrogen and oxygen atoms in total. The number of carbonyl (C=O) groups is 1. The van der Waals surface area contributed by atoms with Crippen molar-refractivity contribution in [3.63, 3.8) is 0 Å². The summed E-state index contributed by atoms with van der Waals surface area (Å²) in [6.07, 6.45) is 7.25. The van der Waals surface area contributed by atoms with Crippen LogP contribution in [-0.4, -0.2) is 50.0 Å². The zero-order valence-corrected chi connectivity index (χ0v) is 18.0. The molecule has 2 fully saturated rings. The van der Waals surface area contributed by atoms with E-state index >= 15 is 0 Å². The zero-order chi connectivity index (χ0) is 21.5. The lowest BCUT2D eigenvalue weighted by Crippen LogP contribution is -2.39. The molecule has 8 heteroatoms. The van der Waals surface area contributed by atoms with Gasteiger partial charge in [0.15, 0.2) is 5.65 Å². The van der Waals surface area contributed by atoms with Crippen LogP contribution in [0, 0.1) is 18.8 Å². The number of halogens is 1. The fraction of sp³-hybridized carbons (Fsp3) is 0.478. The average Bonchev–Trinajstić information content (AvgIpc) is 3.38. The van der Waals surface area contributed by atoms with E-state index in [1.165, 1.54) is 18.7 Å². The summed E-state index contributed by atoms with van der Waals surface area (Å²) >= 11 is 0. The maximum absolute atomic E-state index is 14.2. The highest BCUT2D eigenvalue weighted by atomic mass is 19.1. The monoisotopic (exact) mass is 422 g/mol. The summed E-state index contributed by atoms with van der Waals surface area (Å²) in [7, 11) is 0. The Morgan fingerprint density at radius 1 is 1.23 bits per heavy atom. The van der Waals surface area contributed by atoms with Crippen LogP contribution in [0.4, 0.5) is 10.2 Å². The molecule has 3 aromatic heterocycles. The van der Waals surface area contributed by atoms with Crippen LogP contribution in [0.25, 0.3) is 5.65 Å². The van der Waals surface area contributed by atoms with Crippen molar-refractivity contribution in [2.75, 3.05) is 24.5 Å². The number of amides is 1. The summed E-state index contributed by atoms with van der Waals surface area (Å²) in [5.74, 6) is 0.627. The lowest BCUT2D eigenvalue weighted by molar-refractivity contribution is 0.0600. The Morgan fingerprint density at radius 2 is 2.10 bits per heavy atom. The Morgan fingerprint density at radius 3 is 2.87 bits per heavy atom. The molecule has 2 atom stereocenters. The molecule has 2 aliphatic rings. The van der Waals surface area contributed by atoms with Crippen LogP contribution < -0.4 is 4.90 Å². The Bertz CT molecular complexity index is 1130. The van der Waals surface area contributed by atoms with Crippen molar-refractivity contribution in [1.82, 2.24) is 24.5 Å². The number of hydrogen-bond acceptors (Lipinski definition) is 5. The van der Waals surface area contributed by atoms with E-state index in [2.05, 4.69) is 23.7 Å². The molecule has 0 spiro atoms. The quantitative estimate of drug-likeness (QED) is 0.601. The van der Waals surface area contributed by atoms with Gasteiger partial charge in [0.05, 0.1) is 17.3 Å². The Hall–Kier alpha value is -3.03. The number of rotatable bonds is 3. The van der Waals surface area contributed by atoms with Gasteiger partial charge in [-0.1, -0.05) is 6.92 Å². The van der Waals surface area contributed by atoms with Crippen molar-refractivity contribution in [3.05, 3.63) is 53.4 Å². The van der Waals surface area contributed by atoms with Gasteiger partial charge < -0.3 is 9.80 Å². The fourth-order valence-electron chi connectivity index (χ4n) is 4.81. The van der Waals surface area contributed by atoms with Crippen LogP contribution in [0.3, 0.4) is 0 Å². The number of carbonyl (C=O) groups excluding carboxylic acids is 1. The van der Waals surface area contributed by atoms with E-state index in [0.717, 1.165) is 55.1 Å². The second kappa shape index (κ2) is 7.90. The molecule has 0 unspecified atom stereocenters. The van der Waals surface area contributed by atoms with E-state index in [1.807, 2.05) is 12.3 Å². The molecule has 31 heavy (non-hydrogen) atoms. The van der Waals surface area contributed by atoms with Crippen molar-refractivity contribution in [1.29, 1.82) is 0 Å². The Balaban J connectivity index is 1.48. The second-order valence-electron chi connectivity index (χ2n) is 8.81. The predicted octanol–water partition coefficient (Wildman–Crippen LogP) is 3.79. The van der Waals surface area contributed by atoms with Gasteiger partial charge in [-0.3, -0.25) is 4.79 Å². The van der Waals surface area contributed by atoms with Crippen molar-refractivity contribution >= 4 is 17.4 Å². The third-order valence-corrected chi connectivity index (χ3v) is 6.44. The number of anilines is 1. The SMILES string of the molecule is Cc1cn2nc([C@@H]3CCCCN3C(=O)c3cccnc3F)cc2nc1N1CC[C@H](C)C1. The summed E-state index contributed by atoms with van der Waals surface area (Å²) in [5, 5.41) is 4.76. The molecule has 0 saturated carbocycles. The third kappa shape index (κ3) is 3.64. The molecule has 0 bridgehead atoms. The molecule has 0 radical (unpaired) electrons. The number of aromatic nitrogens is 4. The first-order chi connectivity index (χ1) is 15.0. The summed E-state index contributed by atoms with van der Waals surface area (Å²) in [6, 6.07) is 4.86. The molecular formula is C23H27FN6O. The van der Waals surface area contributed by atoms with Crippen LogP contribution in [0.2, 0.25) is 0 Å². The first kappa shape index (κ1) is 19.9. The highest BCUT2D eigenvalue weighted by Crippen LogP contribution is 2.33. The molecule has 1 amide bonds. The summed E-state index contributed by atoms with van der Waals surface area (Å²) in [6.45, 7) is 6.95. The highest BCUT2D eigenvalue weighted by Gasteiger charge is 2.32. The van der Waals surface area contributed by atoms with Crippen molar-refractivity contribution < 1.29 is 9.18 Å². The number of nitrogens with zero attached hydrogens (tertiary/aromatic N) is 6. The van der Waals surface area contributed by atoms with Gasteiger partial charge in [-0.25, -0.2) is 14.5 Å². The smallest absolute Gasteiger partial charge is 0.259 e. The Kier molecular flexibility index (Phi) is 5.08. The van der Waals surface area contributed by atoms with Crippen molar-refractivity contribution in [2.24, 2.45) is 5.92 Å². The summed E-state index contributed by atoms with van der Waals surface area (Å²) < 4.78 is 16.0. The minimum absolute atomic E-state index is 0.0116. The van der Waals surface area contributed by atoms with Gasteiger partial charge in [0.1, 0.15) is 5.82 Å². The number of fused-ring (bicyclic) bond motifs is 1. The number of hydrogen-bond donors (Lipinski definition) is 0. The normalized spacial score (nSPS) is 21.8. The van der Waals surface area contributed by atoms with Gasteiger partial charge in [-0.2, -0.15) is 9.49 Å². The first-order valence-electron chi connectivity index (χ1n) is 11.0. The van der Waals surface area contributed by atoms with E-state index in [-0.39, 0.29) is 17.5 Å². The molecule has 2 saturated heterocycles. The van der Waals surface area contributed by atoms with Gasteiger partial charge in [0, 0.05) is 43.7 Å². The maximum Gasteiger partial charge on any atom is 0.259 e. The van der Waals surface area contributed by atoms with E-state index in [9.17, 15) is 9.18 Å². The minimum Gasteiger partial charge on any atom is -0.356 e. The van der Waals surface area contributed by atoms with Gasteiger partial charge in [-0.05, 0) is 50.7 Å². The van der Waals surface area contributed by atoms with E-state index in [0.29, 0.717) is 12.5 Å². The minimum atomic E-state index is -0.728. The molecule has 0 aliphatic carbocycles. The largest absolute Gasteiger partial charge is 0.356 e. The standard InChI is InChI=1S/C23H27FN6O/c1-15-8-11-28(13-15)22-16(2)14-30-20(26-22)12-18(27-30)19-7-3-4-10-29(19)23(31)17-6-5-9-25-21(17)24/h5-6,9,12,14-15,19H,3-4,7-8,10-11,13H2,1-2H3/t15-,19-/m0/s1. The van der Waals surface area contributed by atoms with Gasteiger partial charge in [0.25, 0.3) is 5.91 Å². The molecular weight excluding hydrogens is 395 g/mol. The number of pyridine rings is 1. The van der Waals surface area contributed by atoms with Gasteiger partial charge in [-0.15, -0.1) is 0 Å². The zero-order valence-electron chi connectivity index (χ0n) is 18.0. The lowest BCUT2D eigenvalue weighted by atomic mass is 9.98. The average molecular weight is 423 g/mol. The molecule has 5 heterocycles.